The Bertz CT molecular complexity index is 1130. The zero-order chi connectivity index (χ0) is 24.0. The maximum Gasteiger partial charge on any atom is 0.257 e. The summed E-state index contributed by atoms with van der Waals surface area (Å²) in [6.45, 7) is 4.16. The first kappa shape index (κ1) is 24.5. The van der Waals surface area contributed by atoms with Crippen LogP contribution in [0.3, 0.4) is 0 Å². The maximum absolute atomic E-state index is 12.8. The van der Waals surface area contributed by atoms with Crippen LogP contribution in [0.5, 0.6) is 11.5 Å². The van der Waals surface area contributed by atoms with E-state index in [0.29, 0.717) is 29.2 Å². The van der Waals surface area contributed by atoms with Crippen LogP contribution in [-0.2, 0) is 21.4 Å². The fourth-order valence-corrected chi connectivity index (χ4v) is 4.44. The third-order valence-corrected chi connectivity index (χ3v) is 6.60. The van der Waals surface area contributed by atoms with E-state index in [2.05, 4.69) is 15.4 Å². The lowest BCUT2D eigenvalue weighted by atomic mass is 10.1. The van der Waals surface area contributed by atoms with Gasteiger partial charge in [0.2, 0.25) is 10.0 Å². The molecule has 2 aromatic carbocycles. The second-order valence-corrected chi connectivity index (χ2v) is 9.50. The number of carbonyl (C=O) groups is 2. The van der Waals surface area contributed by atoms with Crippen molar-refractivity contribution >= 4 is 21.8 Å². The van der Waals surface area contributed by atoms with Crippen LogP contribution in [-0.4, -0.2) is 46.5 Å². The normalized spacial score (nSPS) is 13.3. The molecular formula is C23H29N3O6S. The van der Waals surface area contributed by atoms with E-state index in [9.17, 15) is 18.0 Å². The highest BCUT2D eigenvalue weighted by Gasteiger charge is 2.28. The lowest BCUT2D eigenvalue weighted by molar-refractivity contribution is -0.123. The second-order valence-electron chi connectivity index (χ2n) is 7.78. The molecule has 0 heterocycles. The van der Waals surface area contributed by atoms with E-state index in [1.807, 2.05) is 6.92 Å². The maximum atomic E-state index is 12.8. The molecule has 1 aliphatic rings. The number of rotatable bonds is 11. The second kappa shape index (κ2) is 10.7. The first-order chi connectivity index (χ1) is 15.7. The zero-order valence-electron chi connectivity index (χ0n) is 18.9. The van der Waals surface area contributed by atoms with Crippen molar-refractivity contribution in [2.75, 3.05) is 20.3 Å². The number of aryl methyl sites for hydroxylation is 1. The number of carbonyl (C=O) groups excluding carboxylic acids is 2. The van der Waals surface area contributed by atoms with Crippen molar-refractivity contribution in [3.8, 4) is 11.5 Å². The molecule has 10 heteroatoms. The summed E-state index contributed by atoms with van der Waals surface area (Å²) in [7, 11) is -2.17. The van der Waals surface area contributed by atoms with Gasteiger partial charge in [-0.2, -0.15) is 0 Å². The topological polar surface area (TPSA) is 123 Å². The summed E-state index contributed by atoms with van der Waals surface area (Å²) in [5.41, 5.74) is 1.72. The molecule has 2 aromatic rings. The molecular weight excluding hydrogens is 446 g/mol. The average Bonchev–Trinajstić information content (AvgIpc) is 3.59. The van der Waals surface area contributed by atoms with E-state index >= 15 is 0 Å². The SMILES string of the molecule is CCNC(=O)COc1ccc(CNC(=O)c2cc(S(=O)(=O)NC3CC3)ccc2C)cc1OC. The standard InChI is InChI=1S/C23H29N3O6S/c1-4-24-22(27)14-32-20-10-6-16(11-21(20)31-3)13-25-23(28)19-12-18(9-5-15(19)2)33(29,30)26-17-7-8-17/h5-6,9-12,17,26H,4,7-8,13-14H2,1-3H3,(H,24,27)(H,25,28). The van der Waals surface area contributed by atoms with Crippen molar-refractivity contribution in [2.45, 2.75) is 44.2 Å². The van der Waals surface area contributed by atoms with Crippen LogP contribution in [0.15, 0.2) is 41.3 Å². The Kier molecular flexibility index (Phi) is 7.93. The summed E-state index contributed by atoms with van der Waals surface area (Å²) in [5, 5.41) is 5.46. The van der Waals surface area contributed by atoms with Crippen molar-refractivity contribution in [2.24, 2.45) is 0 Å². The number of nitrogens with one attached hydrogen (secondary N) is 3. The summed E-state index contributed by atoms with van der Waals surface area (Å²) < 4.78 is 38.4. The minimum absolute atomic E-state index is 0.0171. The van der Waals surface area contributed by atoms with E-state index in [1.54, 1.807) is 31.2 Å². The van der Waals surface area contributed by atoms with Gasteiger partial charge in [-0.1, -0.05) is 12.1 Å². The van der Waals surface area contributed by atoms with Crippen LogP contribution in [0, 0.1) is 6.92 Å². The third kappa shape index (κ3) is 6.69. The average molecular weight is 476 g/mol. The Hall–Kier alpha value is -3.11. The molecule has 2 amide bonds. The van der Waals surface area contributed by atoms with E-state index in [0.717, 1.165) is 18.4 Å². The Balaban J connectivity index is 1.66. The molecule has 0 radical (unpaired) electrons. The van der Waals surface area contributed by atoms with Crippen LogP contribution in [0.25, 0.3) is 0 Å². The number of methoxy groups -OCH3 is 1. The molecule has 9 nitrogen and oxygen atoms in total. The predicted molar refractivity (Wildman–Crippen MR) is 123 cm³/mol. The molecule has 0 aliphatic heterocycles. The van der Waals surface area contributed by atoms with Crippen LogP contribution in [0.4, 0.5) is 0 Å². The van der Waals surface area contributed by atoms with Crippen molar-refractivity contribution < 1.29 is 27.5 Å². The predicted octanol–water partition coefficient (Wildman–Crippen LogP) is 1.89. The van der Waals surface area contributed by atoms with Gasteiger partial charge in [0.15, 0.2) is 18.1 Å². The Morgan fingerprint density at radius 1 is 1.06 bits per heavy atom. The highest BCUT2D eigenvalue weighted by molar-refractivity contribution is 7.89. The monoisotopic (exact) mass is 475 g/mol. The van der Waals surface area contributed by atoms with Crippen molar-refractivity contribution in [3.63, 3.8) is 0 Å². The molecule has 0 spiro atoms. The van der Waals surface area contributed by atoms with Gasteiger partial charge >= 0.3 is 0 Å². The van der Waals surface area contributed by atoms with Gasteiger partial charge in [0.25, 0.3) is 11.8 Å². The zero-order valence-corrected chi connectivity index (χ0v) is 19.8. The lowest BCUT2D eigenvalue weighted by Gasteiger charge is -2.13. The molecule has 1 aliphatic carbocycles. The molecule has 1 saturated carbocycles. The largest absolute Gasteiger partial charge is 0.493 e. The van der Waals surface area contributed by atoms with Gasteiger partial charge in [0, 0.05) is 24.7 Å². The number of benzene rings is 2. The van der Waals surface area contributed by atoms with Gasteiger partial charge in [0.05, 0.1) is 12.0 Å². The van der Waals surface area contributed by atoms with Gasteiger partial charge in [-0.15, -0.1) is 0 Å². The Labute approximate surface area is 193 Å². The van der Waals surface area contributed by atoms with Crippen molar-refractivity contribution in [3.05, 3.63) is 53.1 Å². The van der Waals surface area contributed by atoms with Crippen molar-refractivity contribution in [1.29, 1.82) is 0 Å². The van der Waals surface area contributed by atoms with Crippen LogP contribution >= 0.6 is 0 Å². The number of amides is 2. The van der Waals surface area contributed by atoms with Crippen molar-refractivity contribution in [1.82, 2.24) is 15.4 Å². The van der Waals surface area contributed by atoms with E-state index in [1.165, 1.54) is 19.2 Å². The highest BCUT2D eigenvalue weighted by Crippen LogP contribution is 2.28. The van der Waals surface area contributed by atoms with E-state index in [-0.39, 0.29) is 35.9 Å². The van der Waals surface area contributed by atoms with Gasteiger partial charge in [-0.25, -0.2) is 13.1 Å². The fourth-order valence-electron chi connectivity index (χ4n) is 3.11. The summed E-state index contributed by atoms with van der Waals surface area (Å²) in [4.78, 5) is 24.5. The molecule has 178 valence electrons. The molecule has 1 fully saturated rings. The van der Waals surface area contributed by atoms with Gasteiger partial charge in [-0.05, 0) is 62.1 Å². The van der Waals surface area contributed by atoms with Crippen LogP contribution in [0.1, 0.15) is 41.3 Å². The quantitative estimate of drug-likeness (QED) is 0.456. The Morgan fingerprint density at radius 2 is 1.82 bits per heavy atom. The minimum Gasteiger partial charge on any atom is -0.493 e. The molecule has 0 aromatic heterocycles. The van der Waals surface area contributed by atoms with E-state index in [4.69, 9.17) is 9.47 Å². The highest BCUT2D eigenvalue weighted by atomic mass is 32.2. The summed E-state index contributed by atoms with van der Waals surface area (Å²) >= 11 is 0. The number of ether oxygens (including phenoxy) is 2. The third-order valence-electron chi connectivity index (χ3n) is 5.08. The molecule has 0 atom stereocenters. The van der Waals surface area contributed by atoms with Gasteiger partial charge < -0.3 is 20.1 Å². The smallest absolute Gasteiger partial charge is 0.257 e. The molecule has 3 N–H and O–H groups in total. The molecule has 0 bridgehead atoms. The first-order valence-electron chi connectivity index (χ1n) is 10.7. The van der Waals surface area contributed by atoms with Gasteiger partial charge in [0.1, 0.15) is 0 Å². The molecule has 3 rings (SSSR count). The number of sulfonamides is 1. The molecule has 0 saturated heterocycles. The number of hydrogen-bond acceptors (Lipinski definition) is 6. The first-order valence-corrected chi connectivity index (χ1v) is 12.2. The summed E-state index contributed by atoms with van der Waals surface area (Å²) in [6.07, 6.45) is 1.66. The number of hydrogen-bond donors (Lipinski definition) is 3. The molecule has 0 unspecified atom stereocenters. The number of likely N-dealkylation sites (N-methyl/N-ethyl adjacent to an activating group) is 1. The van der Waals surface area contributed by atoms with Crippen LogP contribution < -0.4 is 24.8 Å². The van der Waals surface area contributed by atoms with Gasteiger partial charge in [-0.3, -0.25) is 9.59 Å². The minimum atomic E-state index is -3.66. The van der Waals surface area contributed by atoms with Crippen LogP contribution in [0.2, 0.25) is 0 Å². The molecule has 33 heavy (non-hydrogen) atoms. The van der Waals surface area contributed by atoms with E-state index < -0.39 is 10.0 Å². The lowest BCUT2D eigenvalue weighted by Crippen LogP contribution is -2.28. The Morgan fingerprint density at radius 3 is 2.48 bits per heavy atom. The summed E-state index contributed by atoms with van der Waals surface area (Å²) in [5.74, 6) is 0.228. The fraction of sp³-hybridized carbons (Fsp3) is 0.391. The summed E-state index contributed by atoms with van der Waals surface area (Å²) in [6, 6.07) is 9.64.